The SMILES string of the molecule is CSc1c(NCCCN(C)C)sc(C(N)=O)c1N. The third-order valence-corrected chi connectivity index (χ3v) is 4.53. The molecule has 0 unspecified atom stereocenters. The topological polar surface area (TPSA) is 84.4 Å². The lowest BCUT2D eigenvalue weighted by Gasteiger charge is -2.10. The molecule has 0 aliphatic heterocycles. The van der Waals surface area contributed by atoms with Crippen LogP contribution in [-0.4, -0.2) is 44.2 Å². The van der Waals surface area contributed by atoms with Crippen molar-refractivity contribution in [3.8, 4) is 0 Å². The zero-order valence-electron chi connectivity index (χ0n) is 10.9. The summed E-state index contributed by atoms with van der Waals surface area (Å²) in [7, 11) is 4.09. The number of hydrogen-bond donors (Lipinski definition) is 3. The van der Waals surface area contributed by atoms with Crippen LogP contribution in [0.1, 0.15) is 16.1 Å². The van der Waals surface area contributed by atoms with Crippen molar-refractivity contribution in [2.75, 3.05) is 44.5 Å². The van der Waals surface area contributed by atoms with E-state index in [9.17, 15) is 4.79 Å². The third kappa shape index (κ3) is 3.79. The Hall–Kier alpha value is -0.920. The minimum absolute atomic E-state index is 0.439. The first-order chi connectivity index (χ1) is 8.47. The Balaban J connectivity index is 2.70. The van der Waals surface area contributed by atoms with Gasteiger partial charge in [0.15, 0.2) is 0 Å². The van der Waals surface area contributed by atoms with E-state index in [4.69, 9.17) is 11.5 Å². The van der Waals surface area contributed by atoms with E-state index in [1.165, 1.54) is 23.1 Å². The lowest BCUT2D eigenvalue weighted by Crippen LogP contribution is -2.16. The van der Waals surface area contributed by atoms with Gasteiger partial charge in [0, 0.05) is 6.54 Å². The van der Waals surface area contributed by atoms with Crippen LogP contribution in [0.3, 0.4) is 0 Å². The summed E-state index contributed by atoms with van der Waals surface area (Å²) in [6.07, 6.45) is 2.97. The second-order valence-corrected chi connectivity index (χ2v) is 5.99. The molecule has 0 aromatic carbocycles. The Bertz CT molecular complexity index is 417. The van der Waals surface area contributed by atoms with Gasteiger partial charge in [-0.1, -0.05) is 0 Å². The van der Waals surface area contributed by atoms with E-state index in [0.29, 0.717) is 10.6 Å². The molecule has 0 bridgehead atoms. The van der Waals surface area contributed by atoms with Gasteiger partial charge in [-0.05, 0) is 33.3 Å². The van der Waals surface area contributed by atoms with Gasteiger partial charge in [-0.2, -0.15) is 0 Å². The van der Waals surface area contributed by atoms with Crippen LogP contribution in [0.15, 0.2) is 4.90 Å². The largest absolute Gasteiger partial charge is 0.396 e. The highest BCUT2D eigenvalue weighted by atomic mass is 32.2. The van der Waals surface area contributed by atoms with Crippen LogP contribution >= 0.6 is 23.1 Å². The molecule has 1 aromatic heterocycles. The molecule has 1 amide bonds. The predicted molar refractivity (Wildman–Crippen MR) is 80.7 cm³/mol. The van der Waals surface area contributed by atoms with E-state index < -0.39 is 5.91 Å². The van der Waals surface area contributed by atoms with Crippen LogP contribution in [0, 0.1) is 0 Å². The van der Waals surface area contributed by atoms with E-state index in [2.05, 4.69) is 10.2 Å². The van der Waals surface area contributed by atoms with E-state index in [0.717, 1.165) is 29.4 Å². The van der Waals surface area contributed by atoms with E-state index in [1.807, 2.05) is 20.4 Å². The number of primary amides is 1. The summed E-state index contributed by atoms with van der Waals surface area (Å²) < 4.78 is 0. The average Bonchev–Trinajstić information content (AvgIpc) is 2.61. The van der Waals surface area contributed by atoms with Crippen molar-refractivity contribution in [1.29, 1.82) is 0 Å². The van der Waals surface area contributed by atoms with Crippen molar-refractivity contribution in [2.24, 2.45) is 5.73 Å². The molecule has 1 aromatic rings. The van der Waals surface area contributed by atoms with Crippen molar-refractivity contribution in [3.05, 3.63) is 4.88 Å². The second-order valence-electron chi connectivity index (χ2n) is 4.16. The summed E-state index contributed by atoms with van der Waals surface area (Å²) in [6.45, 7) is 1.87. The molecule has 1 rings (SSSR count). The minimum Gasteiger partial charge on any atom is -0.396 e. The van der Waals surface area contributed by atoms with Gasteiger partial charge in [0.25, 0.3) is 5.91 Å². The van der Waals surface area contributed by atoms with Gasteiger partial charge in [-0.15, -0.1) is 23.1 Å². The number of nitrogens with two attached hydrogens (primary N) is 2. The third-order valence-electron chi connectivity index (χ3n) is 2.40. The average molecular weight is 288 g/mol. The molecular weight excluding hydrogens is 268 g/mol. The van der Waals surface area contributed by atoms with Gasteiger partial charge in [0.2, 0.25) is 0 Å². The molecule has 0 fully saturated rings. The molecule has 5 N–H and O–H groups in total. The van der Waals surface area contributed by atoms with Crippen LogP contribution in [0.4, 0.5) is 10.7 Å². The molecule has 7 heteroatoms. The Morgan fingerprint density at radius 1 is 1.50 bits per heavy atom. The van der Waals surface area contributed by atoms with Crippen LogP contribution in [0.2, 0.25) is 0 Å². The molecule has 0 radical (unpaired) electrons. The zero-order chi connectivity index (χ0) is 13.7. The van der Waals surface area contributed by atoms with Gasteiger partial charge >= 0.3 is 0 Å². The normalized spacial score (nSPS) is 10.9. The minimum atomic E-state index is -0.464. The number of thioether (sulfide) groups is 1. The maximum absolute atomic E-state index is 11.2. The molecular formula is C11H20N4OS2. The predicted octanol–water partition coefficient (Wildman–Crippen LogP) is 1.51. The highest BCUT2D eigenvalue weighted by Crippen LogP contribution is 2.41. The maximum Gasteiger partial charge on any atom is 0.261 e. The zero-order valence-corrected chi connectivity index (χ0v) is 12.6. The fraction of sp³-hybridized carbons (Fsp3) is 0.545. The molecule has 102 valence electrons. The van der Waals surface area contributed by atoms with Gasteiger partial charge in [0.05, 0.1) is 10.6 Å². The van der Waals surface area contributed by atoms with Gasteiger partial charge < -0.3 is 21.7 Å². The van der Waals surface area contributed by atoms with Crippen LogP contribution in [0.25, 0.3) is 0 Å². The fourth-order valence-corrected chi connectivity index (χ4v) is 3.44. The Labute approximate surface area is 116 Å². The lowest BCUT2D eigenvalue weighted by molar-refractivity contribution is 0.100. The highest BCUT2D eigenvalue weighted by Gasteiger charge is 2.18. The molecule has 0 saturated heterocycles. The summed E-state index contributed by atoms with van der Waals surface area (Å²) >= 11 is 2.86. The molecule has 1 heterocycles. The number of nitrogen functional groups attached to an aromatic ring is 1. The Kier molecular flexibility index (Phi) is 5.77. The summed E-state index contributed by atoms with van der Waals surface area (Å²) in [6, 6.07) is 0. The monoisotopic (exact) mass is 288 g/mol. The van der Waals surface area contributed by atoms with Gasteiger partial charge in [-0.3, -0.25) is 4.79 Å². The first-order valence-corrected chi connectivity index (χ1v) is 7.66. The number of carbonyl (C=O) groups excluding carboxylic acids is 1. The van der Waals surface area contributed by atoms with E-state index in [-0.39, 0.29) is 0 Å². The van der Waals surface area contributed by atoms with Crippen molar-refractivity contribution >= 4 is 39.7 Å². The van der Waals surface area contributed by atoms with Crippen molar-refractivity contribution in [1.82, 2.24) is 4.90 Å². The first-order valence-electron chi connectivity index (χ1n) is 5.62. The number of nitrogens with zero attached hydrogens (tertiary/aromatic N) is 1. The molecule has 0 aliphatic carbocycles. The highest BCUT2D eigenvalue weighted by molar-refractivity contribution is 7.99. The number of carbonyl (C=O) groups is 1. The number of hydrogen-bond acceptors (Lipinski definition) is 6. The molecule has 0 saturated carbocycles. The summed E-state index contributed by atoms with van der Waals surface area (Å²) in [4.78, 5) is 14.7. The molecule has 18 heavy (non-hydrogen) atoms. The quantitative estimate of drug-likeness (QED) is 0.523. The maximum atomic E-state index is 11.2. The fourth-order valence-electron chi connectivity index (χ4n) is 1.53. The first kappa shape index (κ1) is 15.1. The molecule has 0 spiro atoms. The van der Waals surface area contributed by atoms with Gasteiger partial charge in [0.1, 0.15) is 9.88 Å². The van der Waals surface area contributed by atoms with Crippen LogP contribution in [0.5, 0.6) is 0 Å². The molecule has 5 nitrogen and oxygen atoms in total. The Morgan fingerprint density at radius 3 is 2.67 bits per heavy atom. The van der Waals surface area contributed by atoms with Crippen molar-refractivity contribution in [2.45, 2.75) is 11.3 Å². The molecule has 0 aliphatic rings. The number of rotatable bonds is 7. The smallest absolute Gasteiger partial charge is 0.261 e. The van der Waals surface area contributed by atoms with Crippen molar-refractivity contribution < 1.29 is 4.79 Å². The summed E-state index contributed by atoms with van der Waals surface area (Å²) in [5, 5.41) is 4.26. The van der Waals surface area contributed by atoms with E-state index in [1.54, 1.807) is 0 Å². The number of thiophene rings is 1. The standard InChI is InChI=1S/C11H20N4OS2/c1-15(2)6-4-5-14-11-9(17-3)7(12)8(18-11)10(13)16/h14H,4-6,12H2,1-3H3,(H2,13,16). The second kappa shape index (κ2) is 6.86. The number of amides is 1. The summed E-state index contributed by atoms with van der Waals surface area (Å²) in [5.74, 6) is -0.464. The van der Waals surface area contributed by atoms with Crippen molar-refractivity contribution in [3.63, 3.8) is 0 Å². The van der Waals surface area contributed by atoms with E-state index >= 15 is 0 Å². The lowest BCUT2D eigenvalue weighted by atomic mass is 10.3. The number of nitrogens with one attached hydrogen (secondary N) is 1. The molecule has 0 atom stereocenters. The summed E-state index contributed by atoms with van der Waals surface area (Å²) in [5.41, 5.74) is 11.7. The number of anilines is 2. The van der Waals surface area contributed by atoms with Crippen LogP contribution in [-0.2, 0) is 0 Å². The van der Waals surface area contributed by atoms with Crippen LogP contribution < -0.4 is 16.8 Å². The Morgan fingerprint density at radius 2 is 2.17 bits per heavy atom. The van der Waals surface area contributed by atoms with Gasteiger partial charge in [-0.25, -0.2) is 0 Å².